The van der Waals surface area contributed by atoms with E-state index in [9.17, 15) is 4.79 Å². The summed E-state index contributed by atoms with van der Waals surface area (Å²) in [4.78, 5) is 10.8. The molecule has 0 bridgehead atoms. The number of rotatable bonds is 2. The summed E-state index contributed by atoms with van der Waals surface area (Å²) < 4.78 is 4.99. The van der Waals surface area contributed by atoms with Gasteiger partial charge in [0.25, 0.3) is 11.4 Å². The van der Waals surface area contributed by atoms with Crippen LogP contribution in [0.2, 0.25) is 0 Å². The lowest BCUT2D eigenvalue weighted by Crippen LogP contribution is -2.17. The largest absolute Gasteiger partial charge is 0.475 e. The fourth-order valence-electron chi connectivity index (χ4n) is 0.706. The molecule has 0 aromatic carbocycles. The first kappa shape index (κ1) is 8.38. The third-order valence-corrected chi connectivity index (χ3v) is 1.31. The van der Waals surface area contributed by atoms with E-state index in [1.54, 1.807) is 6.92 Å². The molecule has 0 amide bonds. The monoisotopic (exact) mass is 170 g/mol. The molecule has 0 saturated carbocycles. The number of nitrogens with zero attached hydrogens (tertiary/aromatic N) is 1. The van der Waals surface area contributed by atoms with Crippen LogP contribution in [0.15, 0.2) is 4.79 Å². The van der Waals surface area contributed by atoms with E-state index < -0.39 is 5.56 Å². The molecule has 0 aliphatic heterocycles. The highest BCUT2D eigenvalue weighted by molar-refractivity contribution is 5.66. The van der Waals surface area contributed by atoms with Crippen molar-refractivity contribution in [1.82, 2.24) is 10.2 Å². The van der Waals surface area contributed by atoms with Crippen LogP contribution in [0, 0.1) is 0 Å². The van der Waals surface area contributed by atoms with Crippen molar-refractivity contribution in [3.8, 4) is 5.88 Å². The SMILES string of the molecule is CCOc1n[nH]c(=O)c(N)c1N. The van der Waals surface area contributed by atoms with Gasteiger partial charge in [-0.25, -0.2) is 5.10 Å². The average molecular weight is 170 g/mol. The summed E-state index contributed by atoms with van der Waals surface area (Å²) in [6, 6.07) is 0. The maximum atomic E-state index is 10.8. The Hall–Kier alpha value is -1.72. The average Bonchev–Trinajstić information content (AvgIpc) is 2.07. The highest BCUT2D eigenvalue weighted by Crippen LogP contribution is 2.19. The molecule has 1 aromatic heterocycles. The second-order valence-electron chi connectivity index (χ2n) is 2.12. The molecule has 0 unspecified atom stereocenters. The quantitative estimate of drug-likeness (QED) is 0.545. The summed E-state index contributed by atoms with van der Waals surface area (Å²) >= 11 is 0. The second kappa shape index (κ2) is 3.12. The fraction of sp³-hybridized carbons (Fsp3) is 0.333. The Bertz CT molecular complexity index is 333. The number of hydrogen-bond donors (Lipinski definition) is 3. The number of aromatic amines is 1. The molecule has 6 heteroatoms. The van der Waals surface area contributed by atoms with Gasteiger partial charge < -0.3 is 16.2 Å². The molecule has 5 N–H and O–H groups in total. The van der Waals surface area contributed by atoms with Crippen LogP contribution < -0.4 is 21.8 Å². The van der Waals surface area contributed by atoms with Crippen molar-refractivity contribution in [2.24, 2.45) is 0 Å². The smallest absolute Gasteiger partial charge is 0.289 e. The Labute approximate surface area is 68.5 Å². The molecule has 0 fully saturated rings. The van der Waals surface area contributed by atoms with Crippen LogP contribution in [0.4, 0.5) is 11.4 Å². The molecule has 6 nitrogen and oxygen atoms in total. The lowest BCUT2D eigenvalue weighted by atomic mass is 10.4. The number of nitrogens with two attached hydrogens (primary N) is 2. The first-order valence-electron chi connectivity index (χ1n) is 3.43. The summed E-state index contributed by atoms with van der Waals surface area (Å²) in [6.07, 6.45) is 0. The predicted molar refractivity (Wildman–Crippen MR) is 44.9 cm³/mol. The van der Waals surface area contributed by atoms with Gasteiger partial charge in [-0.2, -0.15) is 0 Å². The van der Waals surface area contributed by atoms with Gasteiger partial charge in [-0.3, -0.25) is 4.79 Å². The minimum Gasteiger partial charge on any atom is -0.475 e. The van der Waals surface area contributed by atoms with Gasteiger partial charge in [-0.05, 0) is 6.92 Å². The van der Waals surface area contributed by atoms with Crippen LogP contribution in [-0.2, 0) is 0 Å². The lowest BCUT2D eigenvalue weighted by molar-refractivity contribution is 0.324. The maximum absolute atomic E-state index is 10.8. The van der Waals surface area contributed by atoms with Crippen LogP contribution >= 0.6 is 0 Å². The van der Waals surface area contributed by atoms with Crippen LogP contribution in [0.25, 0.3) is 0 Å². The molecule has 0 spiro atoms. The molecule has 0 aliphatic carbocycles. The molecule has 1 aromatic rings. The Balaban J connectivity index is 3.17. The Morgan fingerprint density at radius 2 is 2.17 bits per heavy atom. The van der Waals surface area contributed by atoms with Gasteiger partial charge >= 0.3 is 0 Å². The van der Waals surface area contributed by atoms with Gasteiger partial charge in [-0.15, -0.1) is 5.10 Å². The van der Waals surface area contributed by atoms with E-state index in [1.165, 1.54) is 0 Å². The molecule has 0 radical (unpaired) electrons. The number of H-pyrrole nitrogens is 1. The topological polar surface area (TPSA) is 107 Å². The van der Waals surface area contributed by atoms with E-state index in [2.05, 4.69) is 10.2 Å². The molecule has 0 atom stereocenters. The number of anilines is 2. The van der Waals surface area contributed by atoms with E-state index in [4.69, 9.17) is 16.2 Å². The van der Waals surface area contributed by atoms with Gasteiger partial charge in [0, 0.05) is 0 Å². The molecule has 1 heterocycles. The van der Waals surface area contributed by atoms with E-state index in [0.29, 0.717) is 6.61 Å². The van der Waals surface area contributed by atoms with Gasteiger partial charge in [0.1, 0.15) is 11.4 Å². The van der Waals surface area contributed by atoms with Gasteiger partial charge in [0.2, 0.25) is 0 Å². The zero-order valence-corrected chi connectivity index (χ0v) is 6.63. The van der Waals surface area contributed by atoms with Crippen molar-refractivity contribution in [3.05, 3.63) is 10.4 Å². The third-order valence-electron chi connectivity index (χ3n) is 1.31. The summed E-state index contributed by atoms with van der Waals surface area (Å²) in [7, 11) is 0. The zero-order chi connectivity index (χ0) is 9.14. The van der Waals surface area contributed by atoms with Crippen molar-refractivity contribution in [2.75, 3.05) is 18.1 Å². The van der Waals surface area contributed by atoms with E-state index >= 15 is 0 Å². The summed E-state index contributed by atoms with van der Waals surface area (Å²) in [5.74, 6) is 0.162. The third kappa shape index (κ3) is 1.31. The lowest BCUT2D eigenvalue weighted by Gasteiger charge is -2.04. The van der Waals surface area contributed by atoms with Crippen molar-refractivity contribution in [3.63, 3.8) is 0 Å². The first-order chi connectivity index (χ1) is 5.66. The minimum atomic E-state index is -0.504. The van der Waals surface area contributed by atoms with Crippen molar-refractivity contribution >= 4 is 11.4 Å². The van der Waals surface area contributed by atoms with Gasteiger partial charge in [0.05, 0.1) is 6.61 Å². The van der Waals surface area contributed by atoms with E-state index in [0.717, 1.165) is 0 Å². The van der Waals surface area contributed by atoms with Crippen molar-refractivity contribution in [2.45, 2.75) is 6.92 Å². The predicted octanol–water partition coefficient (Wildman–Crippen LogP) is -0.667. The zero-order valence-electron chi connectivity index (χ0n) is 6.63. The van der Waals surface area contributed by atoms with Gasteiger partial charge in [-0.1, -0.05) is 0 Å². The Morgan fingerprint density at radius 3 is 2.75 bits per heavy atom. The normalized spacial score (nSPS) is 9.75. The number of nitrogen functional groups attached to an aromatic ring is 2. The summed E-state index contributed by atoms with van der Waals surface area (Å²) in [5.41, 5.74) is 10.3. The Kier molecular flexibility index (Phi) is 2.18. The van der Waals surface area contributed by atoms with Crippen LogP contribution in [0.1, 0.15) is 6.92 Å². The highest BCUT2D eigenvalue weighted by atomic mass is 16.5. The molecular weight excluding hydrogens is 160 g/mol. The molecule has 1 rings (SSSR count). The molecular formula is C6H10N4O2. The first-order valence-corrected chi connectivity index (χ1v) is 3.43. The van der Waals surface area contributed by atoms with Crippen LogP contribution in [0.3, 0.4) is 0 Å². The minimum absolute atomic E-state index is 0.0616. The molecule has 0 aliphatic rings. The molecule has 66 valence electrons. The van der Waals surface area contributed by atoms with Crippen LogP contribution in [-0.4, -0.2) is 16.8 Å². The number of nitrogens with one attached hydrogen (secondary N) is 1. The molecule has 0 saturated heterocycles. The maximum Gasteiger partial charge on any atom is 0.289 e. The number of aromatic nitrogens is 2. The van der Waals surface area contributed by atoms with Crippen molar-refractivity contribution in [1.29, 1.82) is 0 Å². The van der Waals surface area contributed by atoms with E-state index in [1.807, 2.05) is 0 Å². The fourth-order valence-corrected chi connectivity index (χ4v) is 0.706. The summed E-state index contributed by atoms with van der Waals surface area (Å²) in [6.45, 7) is 2.20. The highest BCUT2D eigenvalue weighted by Gasteiger charge is 2.07. The molecule has 12 heavy (non-hydrogen) atoms. The standard InChI is InChI=1S/C6H10N4O2/c1-2-12-6-4(8)3(7)5(11)9-10-6/h2H2,1H3,(H2,7,10)(H3,8,9,11). The van der Waals surface area contributed by atoms with E-state index in [-0.39, 0.29) is 17.3 Å². The van der Waals surface area contributed by atoms with Gasteiger partial charge in [0.15, 0.2) is 0 Å². The second-order valence-corrected chi connectivity index (χ2v) is 2.12. The summed E-state index contributed by atoms with van der Waals surface area (Å²) in [5, 5.41) is 5.72. The van der Waals surface area contributed by atoms with Crippen molar-refractivity contribution < 1.29 is 4.74 Å². The number of ether oxygens (including phenoxy) is 1. The Morgan fingerprint density at radius 1 is 1.50 bits per heavy atom. The number of hydrogen-bond acceptors (Lipinski definition) is 5. The van der Waals surface area contributed by atoms with Crippen LogP contribution in [0.5, 0.6) is 5.88 Å².